The van der Waals surface area contributed by atoms with Gasteiger partial charge in [0.1, 0.15) is 11.6 Å². The molecule has 0 spiro atoms. The number of carbonyl (C=O) groups excluding carboxylic acids is 2. The normalized spacial score (nSPS) is 9.82. The summed E-state index contributed by atoms with van der Waals surface area (Å²) in [7, 11) is 1.23. The predicted octanol–water partition coefficient (Wildman–Crippen LogP) is 1.26. The maximum Gasteiger partial charge on any atom is 0.307 e. The van der Waals surface area contributed by atoms with Gasteiger partial charge in [0.2, 0.25) is 0 Å². The van der Waals surface area contributed by atoms with Crippen LogP contribution in [-0.2, 0) is 9.53 Å². The zero-order valence-corrected chi connectivity index (χ0v) is 9.13. The summed E-state index contributed by atoms with van der Waals surface area (Å²) < 4.78 is 30.1. The molecule has 0 saturated carbocycles. The molecule has 0 heterocycles. The van der Waals surface area contributed by atoms with E-state index in [0.717, 1.165) is 12.1 Å². The minimum absolute atomic E-state index is 0.00888. The summed E-state index contributed by atoms with van der Waals surface area (Å²) in [5.41, 5.74) is -0.267. The molecule has 4 nitrogen and oxygen atoms in total. The van der Waals surface area contributed by atoms with E-state index in [4.69, 9.17) is 0 Å². The van der Waals surface area contributed by atoms with Crippen LogP contribution < -0.4 is 5.32 Å². The molecule has 92 valence electrons. The van der Waals surface area contributed by atoms with Crippen LogP contribution in [0.5, 0.6) is 0 Å². The lowest BCUT2D eigenvalue weighted by Crippen LogP contribution is -2.27. The number of halogens is 2. The van der Waals surface area contributed by atoms with E-state index in [2.05, 4.69) is 10.1 Å². The SMILES string of the molecule is COC(=O)CCNC(=O)c1ccc(F)cc1F. The van der Waals surface area contributed by atoms with Crippen molar-refractivity contribution in [2.24, 2.45) is 0 Å². The molecular weight excluding hydrogens is 232 g/mol. The first-order chi connectivity index (χ1) is 8.04. The first-order valence-electron chi connectivity index (χ1n) is 4.84. The molecule has 0 saturated heterocycles. The van der Waals surface area contributed by atoms with E-state index in [1.165, 1.54) is 7.11 Å². The molecule has 0 fully saturated rings. The molecule has 0 aliphatic carbocycles. The molecule has 0 atom stereocenters. The van der Waals surface area contributed by atoms with Crippen molar-refractivity contribution in [2.75, 3.05) is 13.7 Å². The van der Waals surface area contributed by atoms with Crippen molar-refractivity contribution in [3.05, 3.63) is 35.4 Å². The fourth-order valence-corrected chi connectivity index (χ4v) is 1.15. The van der Waals surface area contributed by atoms with Gasteiger partial charge >= 0.3 is 5.97 Å². The standard InChI is InChI=1S/C11H11F2NO3/c1-17-10(15)4-5-14-11(16)8-3-2-7(12)6-9(8)13/h2-3,6H,4-5H2,1H3,(H,14,16). The Labute approximate surface area is 96.6 Å². The van der Waals surface area contributed by atoms with Gasteiger partial charge in [-0.3, -0.25) is 9.59 Å². The van der Waals surface area contributed by atoms with Crippen LogP contribution in [0.15, 0.2) is 18.2 Å². The van der Waals surface area contributed by atoms with E-state index >= 15 is 0 Å². The summed E-state index contributed by atoms with van der Waals surface area (Å²) in [6.07, 6.45) is -0.00888. The number of benzene rings is 1. The van der Waals surface area contributed by atoms with Crippen molar-refractivity contribution in [3.8, 4) is 0 Å². The Kier molecular flexibility index (Phi) is 4.56. The number of carbonyl (C=O) groups is 2. The third kappa shape index (κ3) is 3.82. The summed E-state index contributed by atoms with van der Waals surface area (Å²) in [6.45, 7) is 0.0301. The van der Waals surface area contributed by atoms with Crippen molar-refractivity contribution >= 4 is 11.9 Å². The average molecular weight is 243 g/mol. The minimum Gasteiger partial charge on any atom is -0.469 e. The van der Waals surface area contributed by atoms with Crippen LogP contribution >= 0.6 is 0 Å². The molecule has 1 aromatic carbocycles. The molecule has 0 radical (unpaired) electrons. The predicted molar refractivity (Wildman–Crippen MR) is 55.3 cm³/mol. The maximum atomic E-state index is 13.2. The molecular formula is C11H11F2NO3. The highest BCUT2D eigenvalue weighted by Crippen LogP contribution is 2.09. The zero-order valence-electron chi connectivity index (χ0n) is 9.13. The molecule has 1 rings (SSSR count). The second-order valence-electron chi connectivity index (χ2n) is 3.21. The van der Waals surface area contributed by atoms with Gasteiger partial charge in [-0.1, -0.05) is 0 Å². The fourth-order valence-electron chi connectivity index (χ4n) is 1.15. The minimum atomic E-state index is -0.944. The van der Waals surface area contributed by atoms with Crippen molar-refractivity contribution in [3.63, 3.8) is 0 Å². The highest BCUT2D eigenvalue weighted by molar-refractivity contribution is 5.94. The first kappa shape index (κ1) is 13.1. The number of nitrogens with one attached hydrogen (secondary N) is 1. The smallest absolute Gasteiger partial charge is 0.307 e. The number of hydrogen-bond donors (Lipinski definition) is 1. The molecule has 0 aliphatic heterocycles. The van der Waals surface area contributed by atoms with E-state index in [9.17, 15) is 18.4 Å². The van der Waals surface area contributed by atoms with Gasteiger partial charge in [0.15, 0.2) is 0 Å². The van der Waals surface area contributed by atoms with E-state index in [0.29, 0.717) is 6.07 Å². The lowest BCUT2D eigenvalue weighted by molar-refractivity contribution is -0.140. The van der Waals surface area contributed by atoms with Crippen molar-refractivity contribution < 1.29 is 23.1 Å². The van der Waals surface area contributed by atoms with E-state index in [1.807, 2.05) is 0 Å². The number of esters is 1. The highest BCUT2D eigenvalue weighted by Gasteiger charge is 2.12. The van der Waals surface area contributed by atoms with Gasteiger partial charge in [-0.2, -0.15) is 0 Å². The Morgan fingerprint density at radius 1 is 1.35 bits per heavy atom. The third-order valence-corrected chi connectivity index (χ3v) is 2.02. The van der Waals surface area contributed by atoms with Crippen molar-refractivity contribution in [2.45, 2.75) is 6.42 Å². The quantitative estimate of drug-likeness (QED) is 0.810. The largest absolute Gasteiger partial charge is 0.469 e. The van der Waals surface area contributed by atoms with E-state index in [-0.39, 0.29) is 18.5 Å². The number of amides is 1. The molecule has 6 heteroatoms. The fraction of sp³-hybridized carbons (Fsp3) is 0.273. The Hall–Kier alpha value is -1.98. The Bertz CT molecular complexity index is 435. The van der Waals surface area contributed by atoms with E-state index < -0.39 is 23.5 Å². The number of methoxy groups -OCH3 is 1. The highest BCUT2D eigenvalue weighted by atomic mass is 19.1. The molecule has 1 N–H and O–H groups in total. The second kappa shape index (κ2) is 5.93. The van der Waals surface area contributed by atoms with Gasteiger partial charge < -0.3 is 10.1 Å². The Balaban J connectivity index is 2.55. The van der Waals surface area contributed by atoms with Gasteiger partial charge in [0.25, 0.3) is 5.91 Å². The number of rotatable bonds is 4. The van der Waals surface area contributed by atoms with Crippen molar-refractivity contribution in [1.82, 2.24) is 5.32 Å². The monoisotopic (exact) mass is 243 g/mol. The Morgan fingerprint density at radius 3 is 2.65 bits per heavy atom. The van der Waals surface area contributed by atoms with Crippen LogP contribution in [0.4, 0.5) is 8.78 Å². The Morgan fingerprint density at radius 2 is 2.06 bits per heavy atom. The summed E-state index contributed by atoms with van der Waals surface area (Å²) in [5.74, 6) is -2.88. The first-order valence-corrected chi connectivity index (χ1v) is 4.84. The summed E-state index contributed by atoms with van der Waals surface area (Å²) in [6, 6.07) is 2.64. The molecule has 1 amide bonds. The molecule has 0 unspecified atom stereocenters. The molecule has 0 bridgehead atoms. The topological polar surface area (TPSA) is 55.4 Å². The van der Waals surface area contributed by atoms with Gasteiger partial charge in [0, 0.05) is 12.6 Å². The maximum absolute atomic E-state index is 13.2. The lowest BCUT2D eigenvalue weighted by Gasteiger charge is -2.05. The van der Waals surface area contributed by atoms with Crippen LogP contribution in [0, 0.1) is 11.6 Å². The van der Waals surface area contributed by atoms with Crippen LogP contribution in [0.25, 0.3) is 0 Å². The van der Waals surface area contributed by atoms with Gasteiger partial charge in [-0.15, -0.1) is 0 Å². The second-order valence-corrected chi connectivity index (χ2v) is 3.21. The van der Waals surface area contributed by atoms with Crippen LogP contribution in [0.2, 0.25) is 0 Å². The average Bonchev–Trinajstić information content (AvgIpc) is 2.28. The third-order valence-electron chi connectivity index (χ3n) is 2.02. The van der Waals surface area contributed by atoms with Gasteiger partial charge in [0.05, 0.1) is 19.1 Å². The molecule has 0 aliphatic rings. The summed E-state index contributed by atoms with van der Waals surface area (Å²) in [4.78, 5) is 22.2. The molecule has 0 aromatic heterocycles. The van der Waals surface area contributed by atoms with Crippen LogP contribution in [0.1, 0.15) is 16.8 Å². The van der Waals surface area contributed by atoms with Gasteiger partial charge in [-0.25, -0.2) is 8.78 Å². The van der Waals surface area contributed by atoms with Crippen LogP contribution in [-0.4, -0.2) is 25.5 Å². The summed E-state index contributed by atoms with van der Waals surface area (Å²) in [5, 5.41) is 2.32. The summed E-state index contributed by atoms with van der Waals surface area (Å²) >= 11 is 0. The molecule has 17 heavy (non-hydrogen) atoms. The lowest BCUT2D eigenvalue weighted by atomic mass is 10.2. The number of ether oxygens (including phenoxy) is 1. The van der Waals surface area contributed by atoms with Gasteiger partial charge in [-0.05, 0) is 12.1 Å². The van der Waals surface area contributed by atoms with Crippen LogP contribution in [0.3, 0.4) is 0 Å². The van der Waals surface area contributed by atoms with Crippen molar-refractivity contribution in [1.29, 1.82) is 0 Å². The zero-order chi connectivity index (χ0) is 12.8. The molecule has 1 aromatic rings. The van der Waals surface area contributed by atoms with E-state index in [1.54, 1.807) is 0 Å². The number of hydrogen-bond acceptors (Lipinski definition) is 3.